The monoisotopic (exact) mass is 330 g/mol. The minimum atomic E-state index is 0.0185. The van der Waals surface area contributed by atoms with Crippen molar-refractivity contribution in [1.29, 1.82) is 0 Å². The first-order valence-corrected chi connectivity index (χ1v) is 8.13. The van der Waals surface area contributed by atoms with Crippen LogP contribution in [0.5, 0.6) is 5.88 Å². The fourth-order valence-corrected chi connectivity index (χ4v) is 3.21. The summed E-state index contributed by atoms with van der Waals surface area (Å²) in [5.74, 6) is 0.541. The SMILES string of the molecule is Cc1cc(C)c2[nH]c(O)c(N=Nc3cc(C)c4ccccc4n3)c2c1. The molecule has 124 valence electrons. The third-order valence-electron chi connectivity index (χ3n) is 4.36. The molecule has 0 aliphatic rings. The lowest BCUT2D eigenvalue weighted by atomic mass is 10.1. The Balaban J connectivity index is 1.83. The zero-order chi connectivity index (χ0) is 17.6. The van der Waals surface area contributed by atoms with Gasteiger partial charge in [0.05, 0.1) is 11.0 Å². The minimum Gasteiger partial charge on any atom is -0.493 e. The topological polar surface area (TPSA) is 73.6 Å². The number of rotatable bonds is 2. The molecule has 2 N–H and O–H groups in total. The average Bonchev–Trinajstić information content (AvgIpc) is 2.89. The number of aromatic amines is 1. The normalized spacial score (nSPS) is 11.8. The van der Waals surface area contributed by atoms with Crippen LogP contribution in [0.4, 0.5) is 11.5 Å². The number of aromatic hydroxyl groups is 1. The van der Waals surface area contributed by atoms with Crippen LogP contribution in [0.1, 0.15) is 16.7 Å². The number of H-pyrrole nitrogens is 1. The molecule has 5 nitrogen and oxygen atoms in total. The van der Waals surface area contributed by atoms with Gasteiger partial charge in [-0.3, -0.25) is 0 Å². The molecule has 0 fully saturated rings. The van der Waals surface area contributed by atoms with E-state index in [1.54, 1.807) is 0 Å². The predicted octanol–water partition coefficient (Wildman–Crippen LogP) is 5.76. The molecule has 0 aliphatic carbocycles. The van der Waals surface area contributed by atoms with E-state index in [9.17, 15) is 5.11 Å². The van der Waals surface area contributed by atoms with Crippen molar-refractivity contribution >= 4 is 33.3 Å². The van der Waals surface area contributed by atoms with Crippen LogP contribution in [-0.2, 0) is 0 Å². The number of azo groups is 1. The number of nitrogens with zero attached hydrogens (tertiary/aromatic N) is 3. The number of pyridine rings is 1. The molecular weight excluding hydrogens is 312 g/mol. The molecule has 0 unspecified atom stereocenters. The van der Waals surface area contributed by atoms with Crippen molar-refractivity contribution in [1.82, 2.24) is 9.97 Å². The Bertz CT molecular complexity index is 1140. The second-order valence-corrected chi connectivity index (χ2v) is 6.34. The van der Waals surface area contributed by atoms with Gasteiger partial charge in [0.25, 0.3) is 0 Å². The van der Waals surface area contributed by atoms with Gasteiger partial charge in [-0.25, -0.2) is 4.98 Å². The summed E-state index contributed by atoms with van der Waals surface area (Å²) in [7, 11) is 0. The molecule has 0 bridgehead atoms. The molecule has 0 radical (unpaired) electrons. The van der Waals surface area contributed by atoms with Crippen molar-refractivity contribution < 1.29 is 5.11 Å². The Labute approximate surface area is 145 Å². The van der Waals surface area contributed by atoms with Crippen molar-refractivity contribution in [3.63, 3.8) is 0 Å². The summed E-state index contributed by atoms with van der Waals surface area (Å²) in [6.45, 7) is 6.05. The van der Waals surface area contributed by atoms with Crippen LogP contribution < -0.4 is 0 Å². The first-order chi connectivity index (χ1) is 12.0. The Morgan fingerprint density at radius 3 is 2.56 bits per heavy atom. The van der Waals surface area contributed by atoms with Crippen molar-refractivity contribution in [3.05, 3.63) is 59.2 Å². The standard InChI is InChI=1S/C20H18N4O/c1-11-8-13(3)18-15(9-11)19(20(25)22-18)24-23-17-10-12(2)14-6-4-5-7-16(14)21-17/h4-10,22,25H,1-3H3. The summed E-state index contributed by atoms with van der Waals surface area (Å²) in [5, 5.41) is 20.7. The first-order valence-electron chi connectivity index (χ1n) is 8.13. The fourth-order valence-electron chi connectivity index (χ4n) is 3.21. The number of nitrogens with one attached hydrogen (secondary N) is 1. The fraction of sp³-hybridized carbons (Fsp3) is 0.150. The zero-order valence-corrected chi connectivity index (χ0v) is 14.3. The van der Waals surface area contributed by atoms with Gasteiger partial charge in [-0.1, -0.05) is 29.8 Å². The molecule has 0 saturated carbocycles. The van der Waals surface area contributed by atoms with Gasteiger partial charge in [-0.05, 0) is 50.1 Å². The molecular formula is C20H18N4O. The smallest absolute Gasteiger partial charge is 0.218 e. The first kappa shape index (κ1) is 15.3. The van der Waals surface area contributed by atoms with Gasteiger partial charge in [0.15, 0.2) is 11.5 Å². The number of para-hydroxylation sites is 1. The van der Waals surface area contributed by atoms with Crippen molar-refractivity contribution in [2.75, 3.05) is 0 Å². The average molecular weight is 330 g/mol. The van der Waals surface area contributed by atoms with E-state index in [1.807, 2.05) is 57.2 Å². The molecule has 0 aliphatic heterocycles. The maximum atomic E-state index is 10.2. The Morgan fingerprint density at radius 2 is 1.72 bits per heavy atom. The molecule has 0 spiro atoms. The second kappa shape index (κ2) is 5.70. The second-order valence-electron chi connectivity index (χ2n) is 6.34. The van der Waals surface area contributed by atoms with Crippen LogP contribution in [0.25, 0.3) is 21.8 Å². The zero-order valence-electron chi connectivity index (χ0n) is 14.3. The molecule has 0 atom stereocenters. The maximum Gasteiger partial charge on any atom is 0.218 e. The lowest BCUT2D eigenvalue weighted by molar-refractivity contribution is 0.459. The summed E-state index contributed by atoms with van der Waals surface area (Å²) in [6.07, 6.45) is 0. The molecule has 2 aromatic carbocycles. The van der Waals surface area contributed by atoms with Gasteiger partial charge in [0, 0.05) is 10.8 Å². The Morgan fingerprint density at radius 1 is 0.920 bits per heavy atom. The molecule has 2 heterocycles. The van der Waals surface area contributed by atoms with Crippen LogP contribution in [0.15, 0.2) is 52.7 Å². The Hall–Kier alpha value is -3.21. The molecule has 4 rings (SSSR count). The summed E-state index contributed by atoms with van der Waals surface area (Å²) in [5.41, 5.74) is 5.46. The van der Waals surface area contributed by atoms with Crippen molar-refractivity contribution in [2.24, 2.45) is 10.2 Å². The van der Waals surface area contributed by atoms with Crippen molar-refractivity contribution in [2.45, 2.75) is 20.8 Å². The van der Waals surface area contributed by atoms with E-state index < -0.39 is 0 Å². The molecule has 0 saturated heterocycles. The number of hydrogen-bond acceptors (Lipinski definition) is 4. The lowest BCUT2D eigenvalue weighted by Crippen LogP contribution is -1.82. The highest BCUT2D eigenvalue weighted by Crippen LogP contribution is 2.38. The maximum absolute atomic E-state index is 10.2. The number of hydrogen-bond donors (Lipinski definition) is 2. The largest absolute Gasteiger partial charge is 0.493 e. The highest BCUT2D eigenvalue weighted by molar-refractivity contribution is 5.96. The van der Waals surface area contributed by atoms with E-state index in [2.05, 4.69) is 26.3 Å². The molecule has 2 aromatic heterocycles. The van der Waals surface area contributed by atoms with E-state index in [-0.39, 0.29) is 5.88 Å². The summed E-state index contributed by atoms with van der Waals surface area (Å²) in [6, 6.07) is 13.9. The third-order valence-corrected chi connectivity index (χ3v) is 4.36. The van der Waals surface area contributed by atoms with E-state index >= 15 is 0 Å². The van der Waals surface area contributed by atoms with Gasteiger partial charge >= 0.3 is 0 Å². The van der Waals surface area contributed by atoms with Gasteiger partial charge in [-0.15, -0.1) is 10.2 Å². The van der Waals surface area contributed by atoms with E-state index in [0.717, 1.165) is 38.5 Å². The van der Waals surface area contributed by atoms with Gasteiger partial charge in [-0.2, -0.15) is 0 Å². The molecule has 4 aromatic rings. The van der Waals surface area contributed by atoms with E-state index in [0.29, 0.717) is 11.5 Å². The van der Waals surface area contributed by atoms with Gasteiger partial charge < -0.3 is 10.1 Å². The highest BCUT2D eigenvalue weighted by Gasteiger charge is 2.13. The van der Waals surface area contributed by atoms with Crippen LogP contribution in [0.3, 0.4) is 0 Å². The summed E-state index contributed by atoms with van der Waals surface area (Å²) >= 11 is 0. The van der Waals surface area contributed by atoms with Crippen LogP contribution in [-0.4, -0.2) is 15.1 Å². The van der Waals surface area contributed by atoms with E-state index in [1.165, 1.54) is 0 Å². The minimum absolute atomic E-state index is 0.0185. The molecule has 0 amide bonds. The number of fused-ring (bicyclic) bond motifs is 2. The van der Waals surface area contributed by atoms with E-state index in [4.69, 9.17) is 0 Å². The third kappa shape index (κ3) is 2.63. The summed E-state index contributed by atoms with van der Waals surface area (Å²) in [4.78, 5) is 7.51. The van der Waals surface area contributed by atoms with Gasteiger partial charge in [0.2, 0.25) is 5.88 Å². The highest BCUT2D eigenvalue weighted by atomic mass is 16.3. The summed E-state index contributed by atoms with van der Waals surface area (Å²) < 4.78 is 0. The Kier molecular flexibility index (Phi) is 3.50. The lowest BCUT2D eigenvalue weighted by Gasteiger charge is -2.02. The van der Waals surface area contributed by atoms with Crippen LogP contribution in [0, 0.1) is 20.8 Å². The van der Waals surface area contributed by atoms with Gasteiger partial charge in [0.1, 0.15) is 0 Å². The van der Waals surface area contributed by atoms with Crippen LogP contribution >= 0.6 is 0 Å². The molecule has 5 heteroatoms. The van der Waals surface area contributed by atoms with Crippen molar-refractivity contribution in [3.8, 4) is 5.88 Å². The number of benzene rings is 2. The van der Waals surface area contributed by atoms with Crippen LogP contribution in [0.2, 0.25) is 0 Å². The number of aromatic nitrogens is 2. The quantitative estimate of drug-likeness (QED) is 0.458. The molecule has 25 heavy (non-hydrogen) atoms. The predicted molar refractivity (Wildman–Crippen MR) is 100 cm³/mol. The number of aryl methyl sites for hydroxylation is 3.